The smallest absolute Gasteiger partial charge is 0.294 e. The molecule has 1 heterocycles. The number of nitro benzene ring substituents is 1. The van der Waals surface area contributed by atoms with Crippen LogP contribution in [0.15, 0.2) is 53.6 Å². The molecular formula is C17H15ClN4O2. The average Bonchev–Trinajstić information content (AvgIpc) is 2.86. The molecule has 0 fully saturated rings. The third-order valence-corrected chi connectivity index (χ3v) is 4.15. The molecular weight excluding hydrogens is 328 g/mol. The zero-order chi connectivity index (χ0) is 17.1. The van der Waals surface area contributed by atoms with Crippen LogP contribution < -0.4 is 5.43 Å². The number of hydrogen-bond donors (Lipinski definition) is 1. The van der Waals surface area contributed by atoms with E-state index in [0.29, 0.717) is 10.8 Å². The summed E-state index contributed by atoms with van der Waals surface area (Å²) in [6.45, 7) is 2.76. The summed E-state index contributed by atoms with van der Waals surface area (Å²) in [4.78, 5) is 10.6. The van der Waals surface area contributed by atoms with Crippen molar-refractivity contribution in [2.45, 2.75) is 13.5 Å². The Morgan fingerprint density at radius 3 is 2.71 bits per heavy atom. The summed E-state index contributed by atoms with van der Waals surface area (Å²) in [5, 5.41) is 16.7. The summed E-state index contributed by atoms with van der Waals surface area (Å²) >= 11 is 6.45. The third kappa shape index (κ3) is 2.83. The minimum Gasteiger partial charge on any atom is -0.331 e. The number of benzene rings is 2. The molecule has 0 aliphatic heterocycles. The van der Waals surface area contributed by atoms with E-state index in [1.165, 1.54) is 6.07 Å². The molecule has 1 N–H and O–H groups in total. The highest BCUT2D eigenvalue weighted by Crippen LogP contribution is 2.29. The van der Waals surface area contributed by atoms with Crippen molar-refractivity contribution in [3.63, 3.8) is 0 Å². The number of nitrogens with one attached hydrogen (secondary N) is 1. The Labute approximate surface area is 143 Å². The van der Waals surface area contributed by atoms with E-state index < -0.39 is 4.92 Å². The first-order valence-corrected chi connectivity index (χ1v) is 7.80. The van der Waals surface area contributed by atoms with Crippen LogP contribution in [-0.4, -0.2) is 15.7 Å². The largest absolute Gasteiger partial charge is 0.331 e. The first kappa shape index (κ1) is 16.0. The molecule has 0 aliphatic rings. The van der Waals surface area contributed by atoms with Gasteiger partial charge in [0.2, 0.25) is 0 Å². The van der Waals surface area contributed by atoms with Gasteiger partial charge in [-0.05, 0) is 19.1 Å². The monoisotopic (exact) mass is 342 g/mol. The van der Waals surface area contributed by atoms with E-state index >= 15 is 0 Å². The number of aromatic nitrogens is 1. The fraction of sp³-hybridized carbons (Fsp3) is 0.118. The Morgan fingerprint density at radius 2 is 1.96 bits per heavy atom. The van der Waals surface area contributed by atoms with Crippen LogP contribution in [-0.2, 0) is 6.54 Å². The molecule has 0 spiro atoms. The molecule has 7 heteroatoms. The van der Waals surface area contributed by atoms with Crippen LogP contribution >= 0.6 is 11.6 Å². The third-order valence-electron chi connectivity index (χ3n) is 3.74. The van der Waals surface area contributed by atoms with Crippen LogP contribution in [0.25, 0.3) is 10.9 Å². The van der Waals surface area contributed by atoms with E-state index in [1.807, 2.05) is 35.8 Å². The van der Waals surface area contributed by atoms with Crippen molar-refractivity contribution in [3.05, 3.63) is 69.4 Å². The molecule has 3 aromatic rings. The SMILES string of the molecule is CCn1c(Cl)c(/C=N\Nc2ccccc2[N+](=O)[O-])c2ccccc21. The van der Waals surface area contributed by atoms with E-state index in [1.54, 1.807) is 24.4 Å². The molecule has 0 aliphatic carbocycles. The number of nitrogens with zero attached hydrogens (tertiary/aromatic N) is 3. The fourth-order valence-electron chi connectivity index (χ4n) is 2.62. The maximum atomic E-state index is 11.0. The second-order valence-electron chi connectivity index (χ2n) is 5.11. The highest BCUT2D eigenvalue weighted by atomic mass is 35.5. The van der Waals surface area contributed by atoms with E-state index in [4.69, 9.17) is 11.6 Å². The molecule has 3 rings (SSSR count). The van der Waals surface area contributed by atoms with Gasteiger partial charge in [-0.15, -0.1) is 0 Å². The minimum atomic E-state index is -0.451. The molecule has 0 unspecified atom stereocenters. The summed E-state index contributed by atoms with van der Waals surface area (Å²) in [5.74, 6) is 0. The van der Waals surface area contributed by atoms with Gasteiger partial charge in [0.05, 0.1) is 11.1 Å². The van der Waals surface area contributed by atoms with Gasteiger partial charge in [-0.25, -0.2) is 0 Å². The number of hydrazone groups is 1. The highest BCUT2D eigenvalue weighted by Gasteiger charge is 2.14. The lowest BCUT2D eigenvalue weighted by molar-refractivity contribution is -0.384. The average molecular weight is 343 g/mol. The lowest BCUT2D eigenvalue weighted by Crippen LogP contribution is -1.97. The minimum absolute atomic E-state index is 0.0308. The summed E-state index contributed by atoms with van der Waals surface area (Å²) in [7, 11) is 0. The van der Waals surface area contributed by atoms with Gasteiger partial charge < -0.3 is 4.57 Å². The van der Waals surface area contributed by atoms with Gasteiger partial charge >= 0.3 is 0 Å². The Balaban J connectivity index is 1.95. The number of para-hydroxylation sites is 3. The molecule has 1 aromatic heterocycles. The van der Waals surface area contributed by atoms with Gasteiger partial charge in [0.15, 0.2) is 0 Å². The van der Waals surface area contributed by atoms with Gasteiger partial charge in [-0.2, -0.15) is 5.10 Å². The van der Waals surface area contributed by atoms with Crippen LogP contribution in [0.3, 0.4) is 0 Å². The number of anilines is 1. The molecule has 0 amide bonds. The Hall–Kier alpha value is -2.86. The Kier molecular flexibility index (Phi) is 4.48. The summed E-state index contributed by atoms with van der Waals surface area (Å²) < 4.78 is 1.99. The first-order chi connectivity index (χ1) is 11.6. The number of aryl methyl sites for hydroxylation is 1. The molecule has 0 saturated carbocycles. The molecule has 0 radical (unpaired) electrons. The van der Waals surface area contributed by atoms with E-state index in [2.05, 4.69) is 10.5 Å². The Bertz CT molecular complexity index is 933. The van der Waals surface area contributed by atoms with E-state index in [9.17, 15) is 10.1 Å². The zero-order valence-electron chi connectivity index (χ0n) is 12.9. The van der Waals surface area contributed by atoms with Crippen molar-refractivity contribution >= 4 is 40.1 Å². The quantitative estimate of drug-likeness (QED) is 0.416. The maximum Gasteiger partial charge on any atom is 0.294 e. The fourth-order valence-corrected chi connectivity index (χ4v) is 2.99. The van der Waals surface area contributed by atoms with Crippen molar-refractivity contribution in [1.29, 1.82) is 0 Å². The van der Waals surface area contributed by atoms with Gasteiger partial charge in [-0.1, -0.05) is 41.9 Å². The number of fused-ring (bicyclic) bond motifs is 1. The molecule has 0 bridgehead atoms. The van der Waals surface area contributed by atoms with E-state index in [0.717, 1.165) is 23.0 Å². The highest BCUT2D eigenvalue weighted by molar-refractivity contribution is 6.34. The molecule has 6 nitrogen and oxygen atoms in total. The number of rotatable bonds is 5. The van der Waals surface area contributed by atoms with Gasteiger partial charge in [-0.3, -0.25) is 15.5 Å². The van der Waals surface area contributed by atoms with Crippen LogP contribution in [0.5, 0.6) is 0 Å². The second kappa shape index (κ2) is 6.72. The molecule has 2 aromatic carbocycles. The summed E-state index contributed by atoms with van der Waals surface area (Å²) in [5.41, 5.74) is 4.82. The van der Waals surface area contributed by atoms with Crippen LogP contribution in [0, 0.1) is 10.1 Å². The number of hydrogen-bond acceptors (Lipinski definition) is 4. The van der Waals surface area contributed by atoms with Crippen molar-refractivity contribution in [2.75, 3.05) is 5.43 Å². The molecule has 24 heavy (non-hydrogen) atoms. The lowest BCUT2D eigenvalue weighted by atomic mass is 10.2. The van der Waals surface area contributed by atoms with Crippen molar-refractivity contribution in [3.8, 4) is 0 Å². The standard InChI is InChI=1S/C17H15ClN4O2/c1-2-21-15-9-5-3-7-12(15)13(17(21)18)11-19-20-14-8-4-6-10-16(14)22(23)24/h3-11,20H,2H2,1H3/b19-11-. The van der Waals surface area contributed by atoms with Crippen molar-refractivity contribution < 1.29 is 4.92 Å². The topological polar surface area (TPSA) is 72.5 Å². The normalized spacial score (nSPS) is 11.2. The molecule has 0 saturated heterocycles. The zero-order valence-corrected chi connectivity index (χ0v) is 13.7. The predicted octanol–water partition coefficient (Wildman–Crippen LogP) is 4.67. The van der Waals surface area contributed by atoms with Crippen molar-refractivity contribution in [1.82, 2.24) is 4.57 Å². The van der Waals surface area contributed by atoms with Gasteiger partial charge in [0, 0.05) is 29.1 Å². The second-order valence-corrected chi connectivity index (χ2v) is 5.47. The first-order valence-electron chi connectivity index (χ1n) is 7.42. The lowest BCUT2D eigenvalue weighted by Gasteiger charge is -2.02. The maximum absolute atomic E-state index is 11.0. The van der Waals surface area contributed by atoms with Crippen LogP contribution in [0.1, 0.15) is 12.5 Å². The molecule has 0 atom stereocenters. The molecule has 122 valence electrons. The summed E-state index contributed by atoms with van der Waals surface area (Å²) in [6.07, 6.45) is 1.59. The summed E-state index contributed by atoms with van der Waals surface area (Å²) in [6, 6.07) is 14.2. The van der Waals surface area contributed by atoms with E-state index in [-0.39, 0.29) is 5.69 Å². The Morgan fingerprint density at radius 1 is 1.25 bits per heavy atom. The van der Waals surface area contributed by atoms with Crippen molar-refractivity contribution in [2.24, 2.45) is 5.10 Å². The predicted molar refractivity (Wildman–Crippen MR) is 96.9 cm³/mol. The van der Waals surface area contributed by atoms with Gasteiger partial charge in [0.1, 0.15) is 10.8 Å². The number of nitro groups is 1. The van der Waals surface area contributed by atoms with Gasteiger partial charge in [0.25, 0.3) is 5.69 Å². The van der Waals surface area contributed by atoms with Crippen LogP contribution in [0.2, 0.25) is 5.15 Å². The van der Waals surface area contributed by atoms with Crippen LogP contribution in [0.4, 0.5) is 11.4 Å². The number of halogens is 1.